The van der Waals surface area contributed by atoms with Crippen LogP contribution in [0.2, 0.25) is 0 Å². The highest BCUT2D eigenvalue weighted by molar-refractivity contribution is 7.13. The molecule has 0 spiro atoms. The van der Waals surface area contributed by atoms with Crippen molar-refractivity contribution in [3.8, 4) is 10.6 Å². The van der Waals surface area contributed by atoms with Crippen LogP contribution >= 0.6 is 11.3 Å². The fourth-order valence-electron chi connectivity index (χ4n) is 1.60. The van der Waals surface area contributed by atoms with Crippen molar-refractivity contribution in [1.82, 2.24) is 4.98 Å². The highest BCUT2D eigenvalue weighted by atomic mass is 32.1. The molecule has 19 heavy (non-hydrogen) atoms. The maximum atomic E-state index is 5.84. The lowest BCUT2D eigenvalue weighted by Crippen LogP contribution is -2.18. The zero-order valence-electron chi connectivity index (χ0n) is 10.6. The second kappa shape index (κ2) is 5.53. The lowest BCUT2D eigenvalue weighted by atomic mass is 10.2. The number of hydrogen-bond donors (Lipinski definition) is 3. The zero-order chi connectivity index (χ0) is 13.8. The average molecular weight is 273 g/mol. The molecule has 2 rings (SSSR count). The van der Waals surface area contributed by atoms with E-state index in [2.05, 4.69) is 21.9 Å². The van der Waals surface area contributed by atoms with Crippen LogP contribution in [0.3, 0.4) is 0 Å². The van der Waals surface area contributed by atoms with Crippen molar-refractivity contribution in [2.45, 2.75) is 0 Å². The van der Waals surface area contributed by atoms with Gasteiger partial charge < -0.3 is 16.8 Å². The number of amidine groups is 1. The third-order valence-electron chi connectivity index (χ3n) is 2.46. The van der Waals surface area contributed by atoms with Crippen molar-refractivity contribution in [3.63, 3.8) is 0 Å². The van der Waals surface area contributed by atoms with Crippen LogP contribution in [0.4, 0.5) is 5.82 Å². The van der Waals surface area contributed by atoms with Crippen molar-refractivity contribution in [3.05, 3.63) is 47.6 Å². The normalized spacial score (nSPS) is 11.3. The van der Waals surface area contributed by atoms with Crippen molar-refractivity contribution in [2.75, 3.05) is 12.4 Å². The van der Waals surface area contributed by atoms with Crippen LogP contribution in [0.25, 0.3) is 10.6 Å². The van der Waals surface area contributed by atoms with Gasteiger partial charge in [-0.25, -0.2) is 4.98 Å². The lowest BCUT2D eigenvalue weighted by Gasteiger charge is -2.11. The molecule has 0 amide bonds. The van der Waals surface area contributed by atoms with E-state index < -0.39 is 0 Å². The number of aromatic nitrogens is 1. The van der Waals surface area contributed by atoms with Crippen molar-refractivity contribution < 1.29 is 0 Å². The second-order valence-corrected chi connectivity index (χ2v) is 4.78. The van der Waals surface area contributed by atoms with Gasteiger partial charge in [0.25, 0.3) is 0 Å². The van der Waals surface area contributed by atoms with E-state index in [1.807, 2.05) is 29.6 Å². The largest absolute Gasteiger partial charge is 0.386 e. The third kappa shape index (κ3) is 2.92. The van der Waals surface area contributed by atoms with Gasteiger partial charge in [-0.05, 0) is 23.6 Å². The summed E-state index contributed by atoms with van der Waals surface area (Å²) in [7, 11) is 1.63. The highest BCUT2D eigenvalue weighted by Gasteiger charge is 2.10. The van der Waals surface area contributed by atoms with Crippen LogP contribution in [0, 0.1) is 0 Å². The third-order valence-corrected chi connectivity index (χ3v) is 3.36. The van der Waals surface area contributed by atoms with E-state index in [4.69, 9.17) is 11.5 Å². The SMILES string of the molecule is C=C(N)Nc1nc(-c2cccs2)ccc1C(N)=NC. The van der Waals surface area contributed by atoms with Gasteiger partial charge in [-0.3, -0.25) is 4.99 Å². The predicted molar refractivity (Wildman–Crippen MR) is 81.1 cm³/mol. The molecular weight excluding hydrogens is 258 g/mol. The fourth-order valence-corrected chi connectivity index (χ4v) is 2.29. The van der Waals surface area contributed by atoms with E-state index in [1.165, 1.54) is 0 Å². The Morgan fingerprint density at radius 3 is 2.74 bits per heavy atom. The molecule has 0 aliphatic rings. The van der Waals surface area contributed by atoms with Gasteiger partial charge in [-0.1, -0.05) is 12.6 Å². The van der Waals surface area contributed by atoms with Crippen molar-refractivity contribution in [2.24, 2.45) is 16.5 Å². The van der Waals surface area contributed by atoms with E-state index in [0.717, 1.165) is 10.6 Å². The summed E-state index contributed by atoms with van der Waals surface area (Å²) < 4.78 is 0. The molecule has 0 atom stereocenters. The van der Waals surface area contributed by atoms with Crippen LogP contribution in [-0.2, 0) is 0 Å². The first-order valence-corrected chi connectivity index (χ1v) is 6.48. The molecule has 0 aliphatic heterocycles. The molecule has 0 unspecified atom stereocenters. The Balaban J connectivity index is 2.50. The molecule has 5 nitrogen and oxygen atoms in total. The summed E-state index contributed by atoms with van der Waals surface area (Å²) in [6.07, 6.45) is 0. The van der Waals surface area contributed by atoms with E-state index in [-0.39, 0.29) is 0 Å². The van der Waals surface area contributed by atoms with Crippen LogP contribution in [0.15, 0.2) is 47.0 Å². The van der Waals surface area contributed by atoms with Gasteiger partial charge in [0.1, 0.15) is 11.7 Å². The van der Waals surface area contributed by atoms with Gasteiger partial charge in [-0.15, -0.1) is 11.3 Å². The van der Waals surface area contributed by atoms with E-state index in [9.17, 15) is 0 Å². The predicted octanol–water partition coefficient (Wildman–Crippen LogP) is 1.99. The topological polar surface area (TPSA) is 89.3 Å². The van der Waals surface area contributed by atoms with Gasteiger partial charge in [0.2, 0.25) is 0 Å². The molecule has 0 bridgehead atoms. The summed E-state index contributed by atoms with van der Waals surface area (Å²) >= 11 is 1.62. The fraction of sp³-hybridized carbons (Fsp3) is 0.0769. The lowest BCUT2D eigenvalue weighted by molar-refractivity contribution is 1.23. The molecular formula is C13H15N5S. The Morgan fingerprint density at radius 1 is 1.37 bits per heavy atom. The van der Waals surface area contributed by atoms with E-state index >= 15 is 0 Å². The number of thiophene rings is 1. The molecule has 2 aromatic heterocycles. The second-order valence-electron chi connectivity index (χ2n) is 3.83. The summed E-state index contributed by atoms with van der Waals surface area (Å²) in [4.78, 5) is 9.56. The molecule has 0 aromatic carbocycles. The maximum absolute atomic E-state index is 5.84. The summed E-state index contributed by atoms with van der Waals surface area (Å²) in [5.74, 6) is 1.26. The quantitative estimate of drug-likeness (QED) is 0.587. The number of nitrogens with zero attached hydrogens (tertiary/aromatic N) is 2. The molecule has 2 aromatic rings. The molecule has 0 saturated carbocycles. The highest BCUT2D eigenvalue weighted by Crippen LogP contribution is 2.25. The van der Waals surface area contributed by atoms with Crippen molar-refractivity contribution >= 4 is 23.0 Å². The van der Waals surface area contributed by atoms with Crippen LogP contribution in [-0.4, -0.2) is 17.9 Å². The molecule has 2 heterocycles. The van der Waals surface area contributed by atoms with Crippen molar-refractivity contribution in [1.29, 1.82) is 0 Å². The average Bonchev–Trinajstić information content (AvgIpc) is 2.91. The molecule has 0 fully saturated rings. The molecule has 0 radical (unpaired) electrons. The Kier molecular flexibility index (Phi) is 3.82. The Bertz CT molecular complexity index is 616. The minimum atomic E-state index is 0.306. The minimum absolute atomic E-state index is 0.306. The Hall–Kier alpha value is -2.34. The summed E-state index contributed by atoms with van der Waals surface area (Å²) in [6.45, 7) is 3.62. The smallest absolute Gasteiger partial charge is 0.143 e. The number of pyridine rings is 1. The molecule has 5 N–H and O–H groups in total. The first kappa shape index (κ1) is 13.1. The van der Waals surface area contributed by atoms with E-state index in [1.54, 1.807) is 18.4 Å². The number of rotatable bonds is 4. The van der Waals surface area contributed by atoms with Gasteiger partial charge in [0.15, 0.2) is 0 Å². The molecule has 98 valence electrons. The molecule has 6 heteroatoms. The summed E-state index contributed by atoms with van der Waals surface area (Å²) in [5.41, 5.74) is 13.0. The number of nitrogens with one attached hydrogen (secondary N) is 1. The van der Waals surface area contributed by atoms with Gasteiger partial charge in [0, 0.05) is 7.05 Å². The van der Waals surface area contributed by atoms with Gasteiger partial charge >= 0.3 is 0 Å². The first-order valence-electron chi connectivity index (χ1n) is 5.60. The van der Waals surface area contributed by atoms with Gasteiger partial charge in [-0.2, -0.15) is 0 Å². The first-order chi connectivity index (χ1) is 9.11. The minimum Gasteiger partial charge on any atom is -0.386 e. The summed E-state index contributed by atoms with van der Waals surface area (Å²) in [5, 5.41) is 4.91. The molecule has 0 saturated heterocycles. The van der Waals surface area contributed by atoms with E-state index in [0.29, 0.717) is 23.0 Å². The molecule has 0 aliphatic carbocycles. The zero-order valence-corrected chi connectivity index (χ0v) is 11.4. The maximum Gasteiger partial charge on any atom is 0.143 e. The summed E-state index contributed by atoms with van der Waals surface area (Å²) in [6, 6.07) is 7.76. The standard InChI is InChI=1S/C13H15N5S/c1-8(14)17-13-9(12(15)16-2)5-6-10(18-13)11-4-3-7-19-11/h3-7H,1,14H2,2H3,(H2,15,16)(H,17,18). The van der Waals surface area contributed by atoms with Crippen LogP contribution in [0.5, 0.6) is 0 Å². The number of aliphatic imine (C=N–C) groups is 1. The van der Waals surface area contributed by atoms with Gasteiger partial charge in [0.05, 0.1) is 22.0 Å². The number of hydrogen-bond acceptors (Lipinski definition) is 5. The monoisotopic (exact) mass is 273 g/mol. The Morgan fingerprint density at radius 2 is 2.16 bits per heavy atom. The number of anilines is 1. The van der Waals surface area contributed by atoms with Crippen LogP contribution < -0.4 is 16.8 Å². The van der Waals surface area contributed by atoms with Crippen LogP contribution in [0.1, 0.15) is 5.56 Å². The number of nitrogens with two attached hydrogens (primary N) is 2. The Labute approximate surface area is 115 Å².